The molecule has 0 radical (unpaired) electrons. The van der Waals surface area contributed by atoms with Crippen molar-refractivity contribution in [3.05, 3.63) is 41.0 Å². The summed E-state index contributed by atoms with van der Waals surface area (Å²) in [5, 5.41) is 13.7. The zero-order valence-electron chi connectivity index (χ0n) is 12.2. The molecule has 0 bridgehead atoms. The lowest BCUT2D eigenvalue weighted by atomic mass is 9.93. The SMILES string of the molecule is CCC(CC)(CO)NC(=O)c1cc(Cl)c2ccccc2n1. The maximum absolute atomic E-state index is 12.4. The van der Waals surface area contributed by atoms with Gasteiger partial charge in [0.2, 0.25) is 0 Å². The summed E-state index contributed by atoms with van der Waals surface area (Å²) in [7, 11) is 0. The maximum atomic E-state index is 12.4. The summed E-state index contributed by atoms with van der Waals surface area (Å²) in [6.45, 7) is 3.76. The van der Waals surface area contributed by atoms with Crippen LogP contribution in [0.15, 0.2) is 30.3 Å². The van der Waals surface area contributed by atoms with Gasteiger partial charge in [0, 0.05) is 5.39 Å². The van der Waals surface area contributed by atoms with Gasteiger partial charge < -0.3 is 10.4 Å². The summed E-state index contributed by atoms with van der Waals surface area (Å²) < 4.78 is 0. The first-order valence-electron chi connectivity index (χ1n) is 7.04. The highest BCUT2D eigenvalue weighted by molar-refractivity contribution is 6.35. The Hall–Kier alpha value is -1.65. The lowest BCUT2D eigenvalue weighted by molar-refractivity contribution is 0.0813. The molecule has 0 unspecified atom stereocenters. The number of aliphatic hydroxyl groups is 1. The Bertz CT molecular complexity index is 646. The number of hydrogen-bond acceptors (Lipinski definition) is 3. The van der Waals surface area contributed by atoms with Gasteiger partial charge in [-0.15, -0.1) is 0 Å². The molecule has 0 spiro atoms. The molecule has 21 heavy (non-hydrogen) atoms. The van der Waals surface area contributed by atoms with Crippen LogP contribution in [0.2, 0.25) is 5.02 Å². The van der Waals surface area contributed by atoms with Crippen LogP contribution in [-0.4, -0.2) is 28.1 Å². The third-order valence-corrected chi connectivity index (χ3v) is 4.25. The van der Waals surface area contributed by atoms with Crippen molar-refractivity contribution in [2.45, 2.75) is 32.2 Å². The highest BCUT2D eigenvalue weighted by Crippen LogP contribution is 2.23. The van der Waals surface area contributed by atoms with Crippen molar-refractivity contribution < 1.29 is 9.90 Å². The Morgan fingerprint density at radius 2 is 2.00 bits per heavy atom. The number of carbonyl (C=O) groups excluding carboxylic acids is 1. The Balaban J connectivity index is 2.35. The molecule has 4 nitrogen and oxygen atoms in total. The van der Waals surface area contributed by atoms with Crippen LogP contribution < -0.4 is 5.32 Å². The number of pyridine rings is 1. The molecule has 5 heteroatoms. The van der Waals surface area contributed by atoms with E-state index in [1.807, 2.05) is 38.1 Å². The Morgan fingerprint density at radius 3 is 2.62 bits per heavy atom. The van der Waals surface area contributed by atoms with Crippen LogP contribution in [0.25, 0.3) is 10.9 Å². The third kappa shape index (κ3) is 3.17. The van der Waals surface area contributed by atoms with Crippen molar-refractivity contribution in [2.24, 2.45) is 0 Å². The van der Waals surface area contributed by atoms with Crippen LogP contribution in [0.3, 0.4) is 0 Å². The van der Waals surface area contributed by atoms with Crippen LogP contribution >= 0.6 is 11.6 Å². The van der Waals surface area contributed by atoms with Crippen molar-refractivity contribution in [3.63, 3.8) is 0 Å². The number of fused-ring (bicyclic) bond motifs is 1. The molecule has 2 aromatic rings. The number of nitrogens with zero attached hydrogens (tertiary/aromatic N) is 1. The molecule has 2 rings (SSSR count). The summed E-state index contributed by atoms with van der Waals surface area (Å²) in [5.74, 6) is -0.319. The fourth-order valence-electron chi connectivity index (χ4n) is 2.24. The van der Waals surface area contributed by atoms with E-state index in [1.165, 1.54) is 0 Å². The van der Waals surface area contributed by atoms with Gasteiger partial charge in [-0.1, -0.05) is 43.6 Å². The standard InChI is InChI=1S/C16H19ClN2O2/c1-3-16(4-2,10-20)19-15(21)14-9-12(17)11-7-5-6-8-13(11)18-14/h5-9,20H,3-4,10H2,1-2H3,(H,19,21). The molecule has 0 saturated carbocycles. The number of amides is 1. The fourth-order valence-corrected chi connectivity index (χ4v) is 2.51. The first kappa shape index (κ1) is 15.7. The Labute approximate surface area is 129 Å². The van der Waals surface area contributed by atoms with Gasteiger partial charge in [-0.3, -0.25) is 4.79 Å². The van der Waals surface area contributed by atoms with Crippen LogP contribution in [0.5, 0.6) is 0 Å². The van der Waals surface area contributed by atoms with Crippen LogP contribution in [-0.2, 0) is 0 Å². The van der Waals surface area contributed by atoms with E-state index in [2.05, 4.69) is 10.3 Å². The van der Waals surface area contributed by atoms with Crippen molar-refractivity contribution >= 4 is 28.4 Å². The maximum Gasteiger partial charge on any atom is 0.270 e. The largest absolute Gasteiger partial charge is 0.394 e. The molecule has 0 atom stereocenters. The van der Waals surface area contributed by atoms with Gasteiger partial charge in [0.1, 0.15) is 5.69 Å². The Morgan fingerprint density at radius 1 is 1.33 bits per heavy atom. The predicted octanol–water partition coefficient (Wildman–Crippen LogP) is 3.17. The summed E-state index contributed by atoms with van der Waals surface area (Å²) in [4.78, 5) is 16.7. The molecule has 1 heterocycles. The minimum absolute atomic E-state index is 0.104. The zero-order chi connectivity index (χ0) is 15.5. The van der Waals surface area contributed by atoms with Gasteiger partial charge in [0.05, 0.1) is 22.7 Å². The molecule has 112 valence electrons. The highest BCUT2D eigenvalue weighted by Gasteiger charge is 2.28. The molecule has 0 fully saturated rings. The molecular weight excluding hydrogens is 288 g/mol. The smallest absolute Gasteiger partial charge is 0.270 e. The summed E-state index contributed by atoms with van der Waals surface area (Å²) in [6.07, 6.45) is 1.29. The quantitative estimate of drug-likeness (QED) is 0.892. The number of aliphatic hydroxyl groups excluding tert-OH is 1. The number of benzene rings is 1. The van der Waals surface area contributed by atoms with Gasteiger partial charge in [-0.25, -0.2) is 4.98 Å². The molecule has 0 saturated heterocycles. The predicted molar refractivity (Wildman–Crippen MR) is 84.6 cm³/mol. The summed E-state index contributed by atoms with van der Waals surface area (Å²) >= 11 is 6.21. The fraction of sp³-hybridized carbons (Fsp3) is 0.375. The lowest BCUT2D eigenvalue weighted by Gasteiger charge is -2.30. The normalized spacial score (nSPS) is 11.6. The van der Waals surface area contributed by atoms with Gasteiger partial charge in [-0.2, -0.15) is 0 Å². The molecule has 0 aliphatic rings. The average molecular weight is 307 g/mol. The average Bonchev–Trinajstić information content (AvgIpc) is 2.52. The molecule has 0 aliphatic heterocycles. The second-order valence-corrected chi connectivity index (χ2v) is 5.51. The minimum Gasteiger partial charge on any atom is -0.394 e. The van der Waals surface area contributed by atoms with Crippen LogP contribution in [0, 0.1) is 0 Å². The van der Waals surface area contributed by atoms with Crippen molar-refractivity contribution in [2.75, 3.05) is 6.61 Å². The van der Waals surface area contributed by atoms with Gasteiger partial charge >= 0.3 is 0 Å². The molecule has 1 amide bonds. The topological polar surface area (TPSA) is 62.2 Å². The van der Waals surface area contributed by atoms with Gasteiger partial charge in [-0.05, 0) is 25.0 Å². The number of nitrogens with one attached hydrogen (secondary N) is 1. The monoisotopic (exact) mass is 306 g/mol. The summed E-state index contributed by atoms with van der Waals surface area (Å²) in [5.41, 5.74) is 0.327. The third-order valence-electron chi connectivity index (χ3n) is 3.93. The zero-order valence-corrected chi connectivity index (χ0v) is 12.9. The van der Waals surface area contributed by atoms with E-state index in [9.17, 15) is 9.90 Å². The van der Waals surface area contributed by atoms with E-state index < -0.39 is 5.54 Å². The Kier molecular flexibility index (Phi) is 4.80. The van der Waals surface area contributed by atoms with Crippen LogP contribution in [0.1, 0.15) is 37.2 Å². The molecule has 0 aliphatic carbocycles. The number of hydrogen-bond donors (Lipinski definition) is 2. The molecule has 2 N–H and O–H groups in total. The minimum atomic E-state index is -0.614. The van der Waals surface area contributed by atoms with E-state index in [1.54, 1.807) is 6.07 Å². The molecule has 1 aromatic carbocycles. The first-order valence-corrected chi connectivity index (χ1v) is 7.41. The molecular formula is C16H19ClN2O2. The van der Waals surface area contributed by atoms with E-state index in [4.69, 9.17) is 11.6 Å². The summed E-state index contributed by atoms with van der Waals surface area (Å²) in [6, 6.07) is 8.97. The second kappa shape index (κ2) is 6.41. The number of halogens is 1. The number of carbonyl (C=O) groups is 1. The molecule has 1 aromatic heterocycles. The number of para-hydroxylation sites is 1. The van der Waals surface area contributed by atoms with Crippen molar-refractivity contribution in [3.8, 4) is 0 Å². The lowest BCUT2D eigenvalue weighted by Crippen LogP contribution is -2.50. The number of rotatable bonds is 5. The highest BCUT2D eigenvalue weighted by atomic mass is 35.5. The van der Waals surface area contributed by atoms with E-state index in [0.717, 1.165) is 5.39 Å². The van der Waals surface area contributed by atoms with E-state index in [0.29, 0.717) is 23.4 Å². The van der Waals surface area contributed by atoms with Gasteiger partial charge in [0.25, 0.3) is 5.91 Å². The van der Waals surface area contributed by atoms with Gasteiger partial charge in [0.15, 0.2) is 0 Å². The number of aromatic nitrogens is 1. The van der Waals surface area contributed by atoms with Crippen LogP contribution in [0.4, 0.5) is 0 Å². The van der Waals surface area contributed by atoms with E-state index >= 15 is 0 Å². The van der Waals surface area contributed by atoms with E-state index in [-0.39, 0.29) is 18.2 Å². The van der Waals surface area contributed by atoms with Crippen molar-refractivity contribution in [1.82, 2.24) is 10.3 Å². The first-order chi connectivity index (χ1) is 10.0. The van der Waals surface area contributed by atoms with Crippen molar-refractivity contribution in [1.29, 1.82) is 0 Å². The second-order valence-electron chi connectivity index (χ2n) is 5.11.